The van der Waals surface area contributed by atoms with E-state index in [0.29, 0.717) is 6.54 Å². The lowest BCUT2D eigenvalue weighted by molar-refractivity contribution is -0.123. The molecule has 0 fully saturated rings. The Morgan fingerprint density at radius 1 is 1.50 bits per heavy atom. The van der Waals surface area contributed by atoms with Gasteiger partial charge >= 0.3 is 0 Å². The second-order valence-electron chi connectivity index (χ2n) is 3.85. The van der Waals surface area contributed by atoms with Crippen LogP contribution in [-0.4, -0.2) is 22.8 Å². The molecule has 1 aromatic rings. The lowest BCUT2D eigenvalue weighted by atomic mass is 10.1. The maximum Gasteiger partial charge on any atom is 0.162 e. The molecule has 5 N–H and O–H groups in total. The zero-order valence-electron chi connectivity index (χ0n) is 10.2. The molecule has 18 heavy (non-hydrogen) atoms. The number of carbonyl (C=O) groups is 1. The van der Waals surface area contributed by atoms with E-state index in [4.69, 9.17) is 11.1 Å². The normalized spacial score (nSPS) is 12.9. The summed E-state index contributed by atoms with van der Waals surface area (Å²) in [4.78, 5) is 11.1. The van der Waals surface area contributed by atoms with Gasteiger partial charge in [0.25, 0.3) is 0 Å². The van der Waals surface area contributed by atoms with Crippen molar-refractivity contribution in [2.75, 3.05) is 0 Å². The van der Waals surface area contributed by atoms with Crippen molar-refractivity contribution < 1.29 is 9.90 Å². The van der Waals surface area contributed by atoms with Crippen LogP contribution in [0.1, 0.15) is 12.5 Å². The van der Waals surface area contributed by atoms with E-state index < -0.39 is 11.9 Å². The molecule has 5 heteroatoms. The number of hydrogen-bond donors (Lipinski definition) is 4. The van der Waals surface area contributed by atoms with Gasteiger partial charge in [-0.2, -0.15) is 0 Å². The Labute approximate surface area is 106 Å². The molecule has 0 aromatic heterocycles. The fourth-order valence-corrected chi connectivity index (χ4v) is 1.42. The quantitative estimate of drug-likeness (QED) is 0.451. The van der Waals surface area contributed by atoms with Crippen molar-refractivity contribution in [3.63, 3.8) is 0 Å². The van der Waals surface area contributed by atoms with Crippen LogP contribution in [0.15, 0.2) is 42.1 Å². The van der Waals surface area contributed by atoms with Gasteiger partial charge in [-0.1, -0.05) is 30.3 Å². The summed E-state index contributed by atoms with van der Waals surface area (Å²) in [7, 11) is 0. The van der Waals surface area contributed by atoms with E-state index in [1.54, 1.807) is 0 Å². The molecule has 0 spiro atoms. The van der Waals surface area contributed by atoms with Crippen LogP contribution >= 0.6 is 0 Å². The van der Waals surface area contributed by atoms with Gasteiger partial charge in [-0.3, -0.25) is 10.2 Å². The van der Waals surface area contributed by atoms with E-state index in [2.05, 4.69) is 5.32 Å². The van der Waals surface area contributed by atoms with Gasteiger partial charge in [0.2, 0.25) is 0 Å². The Balaban J connectivity index is 2.62. The van der Waals surface area contributed by atoms with E-state index >= 15 is 0 Å². The average Bonchev–Trinajstić information content (AvgIpc) is 2.38. The molecule has 0 amide bonds. The molecule has 0 heterocycles. The van der Waals surface area contributed by atoms with Crippen LogP contribution in [0.25, 0.3) is 0 Å². The number of carbonyl (C=O) groups excluding carboxylic acids is 1. The summed E-state index contributed by atoms with van der Waals surface area (Å²) in [5.74, 6) is -0.498. The van der Waals surface area contributed by atoms with Crippen molar-refractivity contribution in [3.05, 3.63) is 47.7 Å². The van der Waals surface area contributed by atoms with Crippen molar-refractivity contribution in [1.29, 1.82) is 5.41 Å². The smallest absolute Gasteiger partial charge is 0.162 e. The Morgan fingerprint density at radius 2 is 2.11 bits per heavy atom. The minimum absolute atomic E-state index is 0.0518. The molecule has 1 rings (SSSR count). The number of aliphatic hydroxyl groups excluding tert-OH is 1. The van der Waals surface area contributed by atoms with E-state index in [9.17, 15) is 9.90 Å². The van der Waals surface area contributed by atoms with Gasteiger partial charge < -0.3 is 16.2 Å². The van der Waals surface area contributed by atoms with Gasteiger partial charge in [-0.15, -0.1) is 0 Å². The van der Waals surface area contributed by atoms with Crippen molar-refractivity contribution in [1.82, 2.24) is 5.32 Å². The van der Waals surface area contributed by atoms with Gasteiger partial charge in [0.15, 0.2) is 5.78 Å². The first-order valence-electron chi connectivity index (χ1n) is 5.53. The standard InChI is InChI=1S/C13H17N3O2/c1-9(17)12(18)11(7-14)13(15)16-8-10-5-3-2-4-6-10/h2-7,12,18H,8,14H2,1H3,(H2,15,16)/b11-7-. The number of rotatable bonds is 5. The van der Waals surface area contributed by atoms with E-state index in [1.807, 2.05) is 30.3 Å². The number of aliphatic hydroxyl groups is 1. The van der Waals surface area contributed by atoms with Crippen molar-refractivity contribution in [3.8, 4) is 0 Å². The van der Waals surface area contributed by atoms with Crippen LogP contribution in [0.3, 0.4) is 0 Å². The monoisotopic (exact) mass is 247 g/mol. The Morgan fingerprint density at radius 3 is 2.61 bits per heavy atom. The third kappa shape index (κ3) is 3.71. The Kier molecular flexibility index (Phi) is 5.07. The first-order valence-corrected chi connectivity index (χ1v) is 5.53. The number of ketones is 1. The molecule has 1 atom stereocenters. The Hall–Kier alpha value is -2.14. The summed E-state index contributed by atoms with van der Waals surface area (Å²) in [5.41, 5.74) is 6.40. The predicted molar refractivity (Wildman–Crippen MR) is 70.0 cm³/mol. The molecular formula is C13H17N3O2. The second-order valence-corrected chi connectivity index (χ2v) is 3.85. The number of hydrogen-bond acceptors (Lipinski definition) is 4. The fourth-order valence-electron chi connectivity index (χ4n) is 1.42. The van der Waals surface area contributed by atoms with Gasteiger partial charge in [-0.25, -0.2) is 0 Å². The predicted octanol–water partition coefficient (Wildman–Crippen LogP) is 0.546. The molecule has 0 saturated carbocycles. The third-order valence-corrected chi connectivity index (χ3v) is 2.46. The molecule has 0 saturated heterocycles. The molecule has 96 valence electrons. The summed E-state index contributed by atoms with van der Waals surface area (Å²) < 4.78 is 0. The van der Waals surface area contributed by atoms with Crippen LogP contribution in [0.4, 0.5) is 0 Å². The number of nitrogens with one attached hydrogen (secondary N) is 2. The summed E-state index contributed by atoms with van der Waals surface area (Å²) >= 11 is 0. The topological polar surface area (TPSA) is 99.2 Å². The number of amidine groups is 1. The van der Waals surface area contributed by atoms with E-state index in [-0.39, 0.29) is 11.4 Å². The SMILES string of the molecule is CC(=O)C(O)/C(=C/N)C(=N)NCc1ccccc1. The fraction of sp³-hybridized carbons (Fsp3) is 0.231. The molecule has 0 bridgehead atoms. The highest BCUT2D eigenvalue weighted by Gasteiger charge is 2.19. The Bertz CT molecular complexity index is 455. The lowest BCUT2D eigenvalue weighted by Gasteiger charge is -2.14. The number of Topliss-reactive ketones (excluding diaryl/α,β-unsaturated/α-hetero) is 1. The van der Waals surface area contributed by atoms with Crippen molar-refractivity contribution in [2.45, 2.75) is 19.6 Å². The van der Waals surface area contributed by atoms with Crippen LogP contribution in [0, 0.1) is 5.41 Å². The molecule has 0 aliphatic carbocycles. The lowest BCUT2D eigenvalue weighted by Crippen LogP contribution is -2.33. The third-order valence-electron chi connectivity index (χ3n) is 2.46. The van der Waals surface area contributed by atoms with Crippen LogP contribution in [0.5, 0.6) is 0 Å². The van der Waals surface area contributed by atoms with Crippen molar-refractivity contribution in [2.24, 2.45) is 5.73 Å². The minimum Gasteiger partial charge on any atom is -0.404 e. The van der Waals surface area contributed by atoms with Gasteiger partial charge in [0.1, 0.15) is 11.9 Å². The molecule has 1 aromatic carbocycles. The zero-order chi connectivity index (χ0) is 13.5. The maximum absolute atomic E-state index is 11.1. The first-order chi connectivity index (χ1) is 8.56. The largest absolute Gasteiger partial charge is 0.404 e. The van der Waals surface area contributed by atoms with E-state index in [1.165, 1.54) is 6.92 Å². The summed E-state index contributed by atoms with van der Waals surface area (Å²) in [6, 6.07) is 9.51. The summed E-state index contributed by atoms with van der Waals surface area (Å²) in [6.45, 7) is 1.68. The summed E-state index contributed by atoms with van der Waals surface area (Å²) in [5, 5.41) is 20.1. The molecule has 1 unspecified atom stereocenters. The molecule has 0 radical (unpaired) electrons. The second kappa shape index (κ2) is 6.56. The molecular weight excluding hydrogens is 230 g/mol. The van der Waals surface area contributed by atoms with Crippen LogP contribution in [-0.2, 0) is 11.3 Å². The van der Waals surface area contributed by atoms with Gasteiger partial charge in [-0.05, 0) is 12.5 Å². The highest BCUT2D eigenvalue weighted by Crippen LogP contribution is 2.04. The maximum atomic E-state index is 11.1. The first kappa shape index (κ1) is 13.9. The molecule has 0 aliphatic rings. The average molecular weight is 247 g/mol. The minimum atomic E-state index is -1.36. The van der Waals surface area contributed by atoms with E-state index in [0.717, 1.165) is 11.8 Å². The highest BCUT2D eigenvalue weighted by molar-refractivity contribution is 6.02. The number of nitrogens with two attached hydrogens (primary N) is 1. The van der Waals surface area contributed by atoms with Crippen LogP contribution < -0.4 is 11.1 Å². The van der Waals surface area contributed by atoms with Gasteiger partial charge in [0.05, 0.1) is 0 Å². The van der Waals surface area contributed by atoms with Gasteiger partial charge in [0, 0.05) is 18.3 Å². The van der Waals surface area contributed by atoms with Crippen LogP contribution in [0.2, 0.25) is 0 Å². The number of benzene rings is 1. The zero-order valence-corrected chi connectivity index (χ0v) is 10.2. The molecule has 5 nitrogen and oxygen atoms in total. The highest BCUT2D eigenvalue weighted by atomic mass is 16.3. The summed E-state index contributed by atoms with van der Waals surface area (Å²) in [6.07, 6.45) is -0.280. The van der Waals surface area contributed by atoms with Crippen molar-refractivity contribution >= 4 is 11.6 Å². The molecule has 0 aliphatic heterocycles.